The molecule has 0 aliphatic rings. The standard InChI is InChI=1S/C14H20N6O/c1-9(10-7-5-6-8-11(10)21)20(4)14-18-12(15-2)17-13(16-3)19-14/h5-9,21H,1-4H3,(H2,15,16,17,18,19). The van der Waals surface area contributed by atoms with E-state index in [-0.39, 0.29) is 11.8 Å². The zero-order chi connectivity index (χ0) is 15.4. The van der Waals surface area contributed by atoms with Crippen LogP contribution in [-0.2, 0) is 0 Å². The monoisotopic (exact) mass is 288 g/mol. The molecule has 0 saturated heterocycles. The maximum absolute atomic E-state index is 9.97. The molecular formula is C14H20N6O. The van der Waals surface area contributed by atoms with E-state index in [0.717, 1.165) is 5.56 Å². The van der Waals surface area contributed by atoms with Gasteiger partial charge in [0.05, 0.1) is 6.04 Å². The Balaban J connectivity index is 2.35. The zero-order valence-electron chi connectivity index (χ0n) is 12.6. The SMILES string of the molecule is CNc1nc(NC)nc(N(C)C(C)c2ccccc2O)n1. The zero-order valence-corrected chi connectivity index (χ0v) is 12.6. The molecule has 112 valence electrons. The number of nitrogens with one attached hydrogen (secondary N) is 2. The van der Waals surface area contributed by atoms with Crippen molar-refractivity contribution in [2.45, 2.75) is 13.0 Å². The Bertz CT molecular complexity index is 596. The first-order valence-electron chi connectivity index (χ1n) is 6.69. The Morgan fingerprint density at radius 1 is 1.05 bits per heavy atom. The first-order valence-corrected chi connectivity index (χ1v) is 6.69. The second-order valence-corrected chi connectivity index (χ2v) is 4.63. The van der Waals surface area contributed by atoms with Crippen molar-refractivity contribution >= 4 is 17.8 Å². The summed E-state index contributed by atoms with van der Waals surface area (Å²) in [5.41, 5.74) is 0.817. The van der Waals surface area contributed by atoms with Crippen LogP contribution < -0.4 is 15.5 Å². The molecule has 7 heteroatoms. The van der Waals surface area contributed by atoms with Crippen molar-refractivity contribution in [3.8, 4) is 5.75 Å². The number of hydrogen-bond acceptors (Lipinski definition) is 7. The molecule has 0 aliphatic heterocycles. The molecule has 21 heavy (non-hydrogen) atoms. The highest BCUT2D eigenvalue weighted by atomic mass is 16.3. The van der Waals surface area contributed by atoms with Crippen LogP contribution in [0.5, 0.6) is 5.75 Å². The molecule has 2 rings (SSSR count). The van der Waals surface area contributed by atoms with E-state index in [9.17, 15) is 5.11 Å². The van der Waals surface area contributed by atoms with E-state index in [1.54, 1.807) is 26.2 Å². The van der Waals surface area contributed by atoms with Gasteiger partial charge in [-0.25, -0.2) is 0 Å². The lowest BCUT2D eigenvalue weighted by Crippen LogP contribution is -2.24. The van der Waals surface area contributed by atoms with Crippen LogP contribution in [0.3, 0.4) is 0 Å². The summed E-state index contributed by atoms with van der Waals surface area (Å²) in [6.45, 7) is 1.98. The number of anilines is 3. The Hall–Kier alpha value is -2.57. The molecule has 7 nitrogen and oxygen atoms in total. The van der Waals surface area contributed by atoms with E-state index in [1.807, 2.05) is 31.0 Å². The van der Waals surface area contributed by atoms with E-state index < -0.39 is 0 Å². The van der Waals surface area contributed by atoms with E-state index in [2.05, 4.69) is 25.6 Å². The number of hydrogen-bond donors (Lipinski definition) is 3. The molecular weight excluding hydrogens is 268 g/mol. The van der Waals surface area contributed by atoms with Gasteiger partial charge >= 0.3 is 0 Å². The Morgan fingerprint density at radius 3 is 2.14 bits per heavy atom. The van der Waals surface area contributed by atoms with Gasteiger partial charge in [-0.2, -0.15) is 15.0 Å². The number of benzene rings is 1. The quantitative estimate of drug-likeness (QED) is 0.774. The Labute approximate surface area is 124 Å². The van der Waals surface area contributed by atoms with Crippen LogP contribution in [0.15, 0.2) is 24.3 Å². The Kier molecular flexibility index (Phi) is 4.42. The summed E-state index contributed by atoms with van der Waals surface area (Å²) in [6, 6.07) is 7.17. The highest BCUT2D eigenvalue weighted by molar-refractivity contribution is 5.46. The van der Waals surface area contributed by atoms with Crippen LogP contribution in [0.1, 0.15) is 18.5 Å². The van der Waals surface area contributed by atoms with Gasteiger partial charge in [0.2, 0.25) is 17.8 Å². The van der Waals surface area contributed by atoms with Crippen molar-refractivity contribution < 1.29 is 5.11 Å². The minimum Gasteiger partial charge on any atom is -0.508 e. The normalized spacial score (nSPS) is 11.8. The van der Waals surface area contributed by atoms with Crippen molar-refractivity contribution in [3.05, 3.63) is 29.8 Å². The molecule has 0 radical (unpaired) electrons. The summed E-state index contributed by atoms with van der Waals surface area (Å²) in [4.78, 5) is 14.8. The second-order valence-electron chi connectivity index (χ2n) is 4.63. The van der Waals surface area contributed by atoms with Gasteiger partial charge < -0.3 is 20.6 Å². The highest BCUT2D eigenvalue weighted by Crippen LogP contribution is 2.29. The van der Waals surface area contributed by atoms with Crippen LogP contribution in [0, 0.1) is 0 Å². The van der Waals surface area contributed by atoms with Crippen molar-refractivity contribution in [1.82, 2.24) is 15.0 Å². The number of aromatic nitrogens is 3. The summed E-state index contributed by atoms with van der Waals surface area (Å²) < 4.78 is 0. The summed E-state index contributed by atoms with van der Waals surface area (Å²) in [5, 5.41) is 15.8. The lowest BCUT2D eigenvalue weighted by molar-refractivity contribution is 0.462. The number of nitrogens with zero attached hydrogens (tertiary/aromatic N) is 4. The van der Waals surface area contributed by atoms with Crippen LogP contribution in [0.4, 0.5) is 17.8 Å². The topological polar surface area (TPSA) is 86.2 Å². The molecule has 1 heterocycles. The van der Waals surface area contributed by atoms with Crippen molar-refractivity contribution in [2.24, 2.45) is 0 Å². The van der Waals surface area contributed by atoms with E-state index in [1.165, 1.54) is 0 Å². The molecule has 0 aliphatic carbocycles. The van der Waals surface area contributed by atoms with E-state index in [4.69, 9.17) is 0 Å². The second kappa shape index (κ2) is 6.25. The number of para-hydroxylation sites is 1. The first kappa shape index (κ1) is 14.8. The molecule has 1 unspecified atom stereocenters. The van der Waals surface area contributed by atoms with Gasteiger partial charge in [0.25, 0.3) is 0 Å². The van der Waals surface area contributed by atoms with Gasteiger partial charge in [-0.15, -0.1) is 0 Å². The molecule has 0 fully saturated rings. The van der Waals surface area contributed by atoms with Gasteiger partial charge in [-0.1, -0.05) is 18.2 Å². The summed E-state index contributed by atoms with van der Waals surface area (Å²) >= 11 is 0. The number of phenolic OH excluding ortho intramolecular Hbond substituents is 1. The lowest BCUT2D eigenvalue weighted by Gasteiger charge is -2.26. The van der Waals surface area contributed by atoms with E-state index in [0.29, 0.717) is 17.8 Å². The van der Waals surface area contributed by atoms with Crippen LogP contribution in [0.25, 0.3) is 0 Å². The molecule has 0 saturated carbocycles. The molecule has 0 bridgehead atoms. The molecule has 1 aromatic heterocycles. The predicted molar refractivity (Wildman–Crippen MR) is 83.8 cm³/mol. The molecule has 0 amide bonds. The van der Waals surface area contributed by atoms with Gasteiger partial charge in [0.1, 0.15) is 5.75 Å². The third kappa shape index (κ3) is 3.13. The number of rotatable bonds is 5. The van der Waals surface area contributed by atoms with Crippen LogP contribution in [0.2, 0.25) is 0 Å². The first-order chi connectivity index (χ1) is 10.1. The Morgan fingerprint density at radius 2 is 1.62 bits per heavy atom. The van der Waals surface area contributed by atoms with Gasteiger partial charge in [-0.05, 0) is 13.0 Å². The maximum atomic E-state index is 9.97. The third-order valence-electron chi connectivity index (χ3n) is 3.35. The highest BCUT2D eigenvalue weighted by Gasteiger charge is 2.18. The van der Waals surface area contributed by atoms with Crippen LogP contribution in [-0.4, -0.2) is 41.2 Å². The summed E-state index contributed by atoms with van der Waals surface area (Å²) in [6.07, 6.45) is 0. The predicted octanol–water partition coefficient (Wildman–Crippen LogP) is 1.86. The average Bonchev–Trinajstić information content (AvgIpc) is 2.53. The fraction of sp³-hybridized carbons (Fsp3) is 0.357. The number of phenols is 1. The molecule has 1 atom stereocenters. The molecule has 1 aromatic carbocycles. The average molecular weight is 288 g/mol. The fourth-order valence-electron chi connectivity index (χ4n) is 1.97. The van der Waals surface area contributed by atoms with Gasteiger partial charge in [-0.3, -0.25) is 0 Å². The minimum atomic E-state index is -0.0805. The minimum absolute atomic E-state index is 0.0805. The van der Waals surface area contributed by atoms with Crippen LogP contribution >= 0.6 is 0 Å². The summed E-state index contributed by atoms with van der Waals surface area (Å²) in [5.74, 6) is 1.75. The summed E-state index contributed by atoms with van der Waals surface area (Å²) in [7, 11) is 5.39. The lowest BCUT2D eigenvalue weighted by atomic mass is 10.1. The van der Waals surface area contributed by atoms with Crippen molar-refractivity contribution in [2.75, 3.05) is 36.7 Å². The van der Waals surface area contributed by atoms with Crippen molar-refractivity contribution in [1.29, 1.82) is 0 Å². The fourth-order valence-corrected chi connectivity index (χ4v) is 1.97. The molecule has 3 N–H and O–H groups in total. The van der Waals surface area contributed by atoms with Gasteiger partial charge in [0.15, 0.2) is 0 Å². The maximum Gasteiger partial charge on any atom is 0.232 e. The van der Waals surface area contributed by atoms with Gasteiger partial charge in [0, 0.05) is 26.7 Å². The largest absolute Gasteiger partial charge is 0.508 e. The smallest absolute Gasteiger partial charge is 0.232 e. The molecule has 0 spiro atoms. The van der Waals surface area contributed by atoms with Crippen molar-refractivity contribution in [3.63, 3.8) is 0 Å². The third-order valence-corrected chi connectivity index (χ3v) is 3.35. The van der Waals surface area contributed by atoms with E-state index >= 15 is 0 Å². The molecule has 2 aromatic rings. The number of aromatic hydroxyl groups is 1.